The topological polar surface area (TPSA) is 80.8 Å². The van der Waals surface area contributed by atoms with Gasteiger partial charge in [-0.25, -0.2) is 4.79 Å². The summed E-state index contributed by atoms with van der Waals surface area (Å²) in [4.78, 5) is 12.0. The van der Waals surface area contributed by atoms with E-state index in [9.17, 15) is 4.79 Å². The number of hydrogen-bond donors (Lipinski definition) is 1. The van der Waals surface area contributed by atoms with E-state index in [0.29, 0.717) is 16.4 Å². The molecule has 0 saturated heterocycles. The van der Waals surface area contributed by atoms with Gasteiger partial charge in [0.25, 0.3) is 0 Å². The third-order valence-corrected chi connectivity index (χ3v) is 3.26. The Kier molecular flexibility index (Phi) is 4.11. The Morgan fingerprint density at radius 2 is 1.82 bits per heavy atom. The summed E-state index contributed by atoms with van der Waals surface area (Å²) in [6, 6.07) is 13.9. The molecule has 1 aromatic heterocycles. The van der Waals surface area contributed by atoms with Crippen LogP contribution in [0.4, 0.5) is 0 Å². The fraction of sp³-hybridized carbons (Fsp3) is 0.0667. The van der Waals surface area contributed by atoms with Gasteiger partial charge in [0.2, 0.25) is 5.82 Å². The van der Waals surface area contributed by atoms with Crippen molar-refractivity contribution in [1.29, 1.82) is 0 Å². The number of rotatable bonds is 4. The maximum atomic E-state index is 12.0. The molecule has 0 atom stereocenters. The zero-order valence-electron chi connectivity index (χ0n) is 11.4. The van der Waals surface area contributed by atoms with Crippen LogP contribution in [0.2, 0.25) is 5.02 Å². The molecule has 1 N–H and O–H groups in total. The van der Waals surface area contributed by atoms with Gasteiger partial charge in [0.15, 0.2) is 0 Å². The van der Waals surface area contributed by atoms with E-state index in [0.717, 1.165) is 11.1 Å². The molecule has 0 aliphatic carbocycles. The lowest BCUT2D eigenvalue weighted by atomic mass is 10.1. The second-order valence-electron chi connectivity index (χ2n) is 4.52. The van der Waals surface area contributed by atoms with E-state index >= 15 is 0 Å². The molecule has 0 spiro atoms. The third kappa shape index (κ3) is 3.29. The number of benzene rings is 2. The van der Waals surface area contributed by atoms with Crippen LogP contribution in [0.15, 0.2) is 48.5 Å². The highest BCUT2D eigenvalue weighted by Crippen LogP contribution is 2.15. The van der Waals surface area contributed by atoms with Crippen LogP contribution in [-0.4, -0.2) is 26.6 Å². The molecule has 0 fully saturated rings. The van der Waals surface area contributed by atoms with Gasteiger partial charge in [0, 0.05) is 10.6 Å². The lowest BCUT2D eigenvalue weighted by molar-refractivity contribution is 0.0473. The number of hydrogen-bond acceptors (Lipinski definition) is 5. The number of tetrazole rings is 1. The fourth-order valence-electron chi connectivity index (χ4n) is 1.85. The first-order chi connectivity index (χ1) is 10.7. The van der Waals surface area contributed by atoms with Gasteiger partial charge < -0.3 is 4.74 Å². The van der Waals surface area contributed by atoms with Gasteiger partial charge in [-0.1, -0.05) is 35.9 Å². The normalized spacial score (nSPS) is 10.4. The Hall–Kier alpha value is -2.73. The van der Waals surface area contributed by atoms with Gasteiger partial charge in [-0.3, -0.25) is 0 Å². The lowest BCUT2D eigenvalue weighted by Crippen LogP contribution is -2.05. The molecule has 0 aliphatic heterocycles. The minimum atomic E-state index is -0.394. The van der Waals surface area contributed by atoms with E-state index < -0.39 is 5.97 Å². The van der Waals surface area contributed by atoms with Gasteiger partial charge in [-0.2, -0.15) is 5.21 Å². The Bertz CT molecular complexity index is 755. The summed E-state index contributed by atoms with van der Waals surface area (Å²) in [5.41, 5.74) is 2.10. The zero-order valence-corrected chi connectivity index (χ0v) is 12.1. The molecule has 0 saturated carbocycles. The smallest absolute Gasteiger partial charge is 0.338 e. The number of nitrogens with zero attached hydrogens (tertiary/aromatic N) is 3. The number of ether oxygens (including phenoxy) is 1. The quantitative estimate of drug-likeness (QED) is 0.749. The van der Waals surface area contributed by atoms with E-state index in [2.05, 4.69) is 20.6 Å². The Labute approximate surface area is 131 Å². The van der Waals surface area contributed by atoms with E-state index in [1.807, 2.05) is 12.1 Å². The largest absolute Gasteiger partial charge is 0.457 e. The molecule has 22 heavy (non-hydrogen) atoms. The highest BCUT2D eigenvalue weighted by molar-refractivity contribution is 6.30. The van der Waals surface area contributed by atoms with E-state index in [-0.39, 0.29) is 6.61 Å². The number of carbonyl (C=O) groups excluding carboxylic acids is 1. The highest BCUT2D eigenvalue weighted by Gasteiger charge is 2.09. The molecule has 7 heteroatoms. The van der Waals surface area contributed by atoms with Crippen molar-refractivity contribution in [3.05, 3.63) is 64.7 Å². The summed E-state index contributed by atoms with van der Waals surface area (Å²) in [5, 5.41) is 14.2. The summed E-state index contributed by atoms with van der Waals surface area (Å²) in [5.74, 6) is 0.0793. The Morgan fingerprint density at radius 1 is 1.09 bits per heavy atom. The summed E-state index contributed by atoms with van der Waals surface area (Å²) < 4.78 is 5.25. The average Bonchev–Trinajstić information content (AvgIpc) is 3.09. The van der Waals surface area contributed by atoms with Crippen molar-refractivity contribution < 1.29 is 9.53 Å². The van der Waals surface area contributed by atoms with E-state index in [1.54, 1.807) is 36.4 Å². The summed E-state index contributed by atoms with van der Waals surface area (Å²) in [7, 11) is 0. The molecule has 0 radical (unpaired) electrons. The van der Waals surface area contributed by atoms with E-state index in [4.69, 9.17) is 16.3 Å². The molecule has 2 aromatic carbocycles. The molecule has 0 amide bonds. The van der Waals surface area contributed by atoms with Crippen LogP contribution in [0.5, 0.6) is 0 Å². The second kappa shape index (κ2) is 6.36. The van der Waals surface area contributed by atoms with Gasteiger partial charge in [-0.05, 0) is 35.0 Å². The highest BCUT2D eigenvalue weighted by atomic mass is 35.5. The van der Waals surface area contributed by atoms with Crippen LogP contribution in [0, 0.1) is 0 Å². The van der Waals surface area contributed by atoms with Crippen molar-refractivity contribution in [2.24, 2.45) is 0 Å². The maximum Gasteiger partial charge on any atom is 0.338 e. The number of nitrogens with one attached hydrogen (secondary N) is 1. The van der Waals surface area contributed by atoms with Crippen molar-refractivity contribution in [3.8, 4) is 11.4 Å². The molecule has 110 valence electrons. The number of H-pyrrole nitrogens is 1. The standard InChI is InChI=1S/C15H11ClN4O2/c16-13-7-1-10(2-8-13)9-22-15(21)12-5-3-11(4-6-12)14-17-19-20-18-14/h1-8H,9H2,(H,17,18,19,20). The number of esters is 1. The average molecular weight is 315 g/mol. The van der Waals surface area contributed by atoms with Crippen molar-refractivity contribution in [2.45, 2.75) is 6.61 Å². The minimum absolute atomic E-state index is 0.197. The SMILES string of the molecule is O=C(OCc1ccc(Cl)cc1)c1ccc(-c2nn[nH]n2)cc1. The molecular formula is C15H11ClN4O2. The predicted molar refractivity (Wildman–Crippen MR) is 80.2 cm³/mol. The first-order valence-electron chi connectivity index (χ1n) is 6.48. The first-order valence-corrected chi connectivity index (χ1v) is 6.85. The van der Waals surface area contributed by atoms with Gasteiger partial charge >= 0.3 is 5.97 Å². The number of aromatic amines is 1. The second-order valence-corrected chi connectivity index (χ2v) is 4.95. The predicted octanol–water partition coefficient (Wildman–Crippen LogP) is 2.88. The van der Waals surface area contributed by atoms with Crippen molar-refractivity contribution in [1.82, 2.24) is 20.6 Å². The number of halogens is 1. The monoisotopic (exact) mass is 314 g/mol. The molecule has 6 nitrogen and oxygen atoms in total. The number of carbonyl (C=O) groups is 1. The fourth-order valence-corrected chi connectivity index (χ4v) is 1.98. The van der Waals surface area contributed by atoms with E-state index in [1.165, 1.54) is 0 Å². The van der Waals surface area contributed by atoms with Crippen LogP contribution in [0.1, 0.15) is 15.9 Å². The molecular weight excluding hydrogens is 304 g/mol. The van der Waals surface area contributed by atoms with Crippen LogP contribution >= 0.6 is 11.6 Å². The van der Waals surface area contributed by atoms with Crippen LogP contribution in [-0.2, 0) is 11.3 Å². The summed E-state index contributed by atoms with van der Waals surface area (Å²) in [6.07, 6.45) is 0. The number of aromatic nitrogens is 4. The van der Waals surface area contributed by atoms with Crippen LogP contribution in [0.25, 0.3) is 11.4 Å². The minimum Gasteiger partial charge on any atom is -0.457 e. The first kappa shape index (κ1) is 14.2. The van der Waals surface area contributed by atoms with Crippen molar-refractivity contribution in [3.63, 3.8) is 0 Å². The molecule has 0 aliphatic rings. The summed E-state index contributed by atoms with van der Waals surface area (Å²) >= 11 is 5.80. The maximum absolute atomic E-state index is 12.0. The molecule has 3 rings (SSSR count). The van der Waals surface area contributed by atoms with Gasteiger partial charge in [0.05, 0.1) is 5.56 Å². The van der Waals surface area contributed by atoms with Gasteiger partial charge in [-0.15, -0.1) is 10.2 Å². The lowest BCUT2D eigenvalue weighted by Gasteiger charge is -2.05. The van der Waals surface area contributed by atoms with Crippen LogP contribution in [0.3, 0.4) is 0 Å². The molecule has 0 unspecified atom stereocenters. The van der Waals surface area contributed by atoms with Gasteiger partial charge in [0.1, 0.15) is 6.61 Å². The Balaban J connectivity index is 1.63. The summed E-state index contributed by atoms with van der Waals surface area (Å²) in [6.45, 7) is 0.197. The molecule has 1 heterocycles. The molecule has 0 bridgehead atoms. The van der Waals surface area contributed by atoms with Crippen molar-refractivity contribution >= 4 is 17.6 Å². The zero-order chi connectivity index (χ0) is 15.4. The van der Waals surface area contributed by atoms with Crippen LogP contribution < -0.4 is 0 Å². The van der Waals surface area contributed by atoms with Crippen molar-refractivity contribution in [2.75, 3.05) is 0 Å². The Morgan fingerprint density at radius 3 is 2.45 bits per heavy atom. The third-order valence-electron chi connectivity index (χ3n) is 3.01. The molecule has 3 aromatic rings.